The quantitative estimate of drug-likeness (QED) is 0.102. The number of aryl methyl sites for hydroxylation is 4. The molecule has 324 valence electrons. The van der Waals surface area contributed by atoms with E-state index in [0.717, 1.165) is 35.8 Å². The third-order valence-corrected chi connectivity index (χ3v) is 11.4. The number of hydrogen-bond acceptors (Lipinski definition) is 4. The van der Waals surface area contributed by atoms with Gasteiger partial charge in [0, 0.05) is 11.1 Å². The second-order valence-electron chi connectivity index (χ2n) is 17.0. The number of rotatable bonds is 14. The zero-order valence-corrected chi connectivity index (χ0v) is 42.0. The van der Waals surface area contributed by atoms with Crippen LogP contribution >= 0.6 is 18.9 Å². The molecular weight excluding hydrogens is 751 g/mol. The van der Waals surface area contributed by atoms with Gasteiger partial charge in [0.15, 0.2) is 0 Å². The molecule has 1 N–H and O–H groups in total. The molecule has 0 heterocycles. The number of benzene rings is 4. The fraction of sp³-hybridized carbons (Fsp3) is 0.538. The minimum Gasteiger partial charge on any atom is -0.508 e. The second-order valence-corrected chi connectivity index (χ2v) is 17.5. The lowest BCUT2D eigenvalue weighted by atomic mass is 9.80. The summed E-state index contributed by atoms with van der Waals surface area (Å²) in [5, 5.41) is 8.94. The van der Waals surface area contributed by atoms with E-state index in [-0.39, 0.29) is 0 Å². The standard InChI is InChI=1S/C26H40O2P2.C13H20O.C8H10O.C5H12/c1-13(2)19-11-21(15(5)6)25(27-29)23(17(19)9)24-18(10)20(14(3)4)12-22(16(7)8)26(24)28-30;1-4-5-6-9-14-13-8-7-11(2)12(3)10-13;1-6-3-4-8(9)5-7(6)2;1-3-5-4-2/h11-16H,29-30H2,1-10H3;7-8,10H,4-6,9H2,1-3H3;3-5,9H,1-2H3;3-5H2,1-2H3. The topological polar surface area (TPSA) is 47.9 Å². The molecule has 0 aromatic heterocycles. The van der Waals surface area contributed by atoms with Crippen molar-refractivity contribution in [3.05, 3.63) is 104 Å². The van der Waals surface area contributed by atoms with Gasteiger partial charge in [-0.1, -0.05) is 133 Å². The van der Waals surface area contributed by atoms with Crippen molar-refractivity contribution in [2.45, 2.75) is 180 Å². The van der Waals surface area contributed by atoms with Crippen molar-refractivity contribution in [3.8, 4) is 34.1 Å². The van der Waals surface area contributed by atoms with Crippen LogP contribution in [0.25, 0.3) is 11.1 Å². The van der Waals surface area contributed by atoms with E-state index in [1.54, 1.807) is 12.1 Å². The summed E-state index contributed by atoms with van der Waals surface area (Å²) in [4.78, 5) is 0. The SMILES string of the molecule is CCCCC.CCCCCOc1ccc(C)c(C)c1.Cc1c(C(C)C)cc(C(C)C)c(OP)c1-c1c(C)c(C(C)C)cc(C(C)C)c1OP.Cc1ccc(O)cc1C. The summed E-state index contributed by atoms with van der Waals surface area (Å²) in [5.74, 6) is 4.81. The van der Waals surface area contributed by atoms with Crippen LogP contribution in [-0.2, 0) is 0 Å². The third kappa shape index (κ3) is 15.8. The minimum atomic E-state index is 0.345. The van der Waals surface area contributed by atoms with Crippen LogP contribution in [0.2, 0.25) is 0 Å². The lowest BCUT2D eigenvalue weighted by molar-refractivity contribution is 0.306. The predicted octanol–water partition coefficient (Wildman–Crippen LogP) is 16.9. The van der Waals surface area contributed by atoms with Gasteiger partial charge in [-0.2, -0.15) is 0 Å². The van der Waals surface area contributed by atoms with Gasteiger partial charge in [-0.25, -0.2) is 0 Å². The Kier molecular flexibility index (Phi) is 24.6. The second kappa shape index (κ2) is 26.9. The Morgan fingerprint density at radius 3 is 1.19 bits per heavy atom. The number of ether oxygens (including phenoxy) is 1. The van der Waals surface area contributed by atoms with Crippen molar-refractivity contribution in [2.24, 2.45) is 0 Å². The van der Waals surface area contributed by atoms with Crippen LogP contribution < -0.4 is 13.8 Å². The average Bonchev–Trinajstić information content (AvgIpc) is 3.16. The van der Waals surface area contributed by atoms with E-state index < -0.39 is 0 Å². The highest BCUT2D eigenvalue weighted by atomic mass is 31.0. The Hall–Kier alpha value is -3.06. The monoisotopic (exact) mass is 833 g/mol. The van der Waals surface area contributed by atoms with Crippen molar-refractivity contribution < 1.29 is 18.9 Å². The largest absolute Gasteiger partial charge is 0.508 e. The molecule has 0 saturated heterocycles. The van der Waals surface area contributed by atoms with E-state index in [1.807, 2.05) is 26.0 Å². The number of phenolic OH excluding ortho intramolecular Hbond substituents is 1. The van der Waals surface area contributed by atoms with E-state index in [4.69, 9.17) is 18.9 Å². The van der Waals surface area contributed by atoms with Crippen molar-refractivity contribution in [2.75, 3.05) is 6.61 Å². The highest BCUT2D eigenvalue weighted by Crippen LogP contribution is 2.51. The minimum absolute atomic E-state index is 0.345. The molecule has 4 nitrogen and oxygen atoms in total. The van der Waals surface area contributed by atoms with Gasteiger partial charge in [0.2, 0.25) is 0 Å². The molecule has 0 amide bonds. The van der Waals surface area contributed by atoms with Gasteiger partial charge in [0.25, 0.3) is 0 Å². The molecule has 4 rings (SSSR count). The van der Waals surface area contributed by atoms with Crippen molar-refractivity contribution in [1.82, 2.24) is 0 Å². The van der Waals surface area contributed by atoms with E-state index in [0.29, 0.717) is 29.4 Å². The molecule has 0 bridgehead atoms. The Morgan fingerprint density at radius 2 is 0.879 bits per heavy atom. The van der Waals surface area contributed by atoms with Gasteiger partial charge in [-0.05, 0) is 152 Å². The van der Waals surface area contributed by atoms with E-state index in [9.17, 15) is 0 Å². The highest BCUT2D eigenvalue weighted by Gasteiger charge is 2.28. The molecule has 2 atom stereocenters. The Labute approximate surface area is 361 Å². The lowest BCUT2D eigenvalue weighted by Gasteiger charge is -2.28. The van der Waals surface area contributed by atoms with Crippen molar-refractivity contribution >= 4 is 18.9 Å². The van der Waals surface area contributed by atoms with Gasteiger partial charge in [-0.15, -0.1) is 0 Å². The normalized spacial score (nSPS) is 10.8. The van der Waals surface area contributed by atoms with Crippen LogP contribution in [0, 0.1) is 41.5 Å². The zero-order valence-electron chi connectivity index (χ0n) is 39.7. The van der Waals surface area contributed by atoms with Crippen LogP contribution in [0.5, 0.6) is 23.0 Å². The lowest BCUT2D eigenvalue weighted by Crippen LogP contribution is -2.07. The molecule has 0 aliphatic carbocycles. The first kappa shape index (κ1) is 53.0. The fourth-order valence-electron chi connectivity index (χ4n) is 6.94. The summed E-state index contributed by atoms with van der Waals surface area (Å²) in [6, 6.07) is 16.3. The maximum Gasteiger partial charge on any atom is 0.134 e. The van der Waals surface area contributed by atoms with Crippen molar-refractivity contribution in [3.63, 3.8) is 0 Å². The molecule has 0 aliphatic rings. The Morgan fingerprint density at radius 1 is 0.483 bits per heavy atom. The van der Waals surface area contributed by atoms with Gasteiger partial charge >= 0.3 is 0 Å². The first-order chi connectivity index (χ1) is 27.3. The summed E-state index contributed by atoms with van der Waals surface area (Å²) in [6.45, 7) is 38.2. The molecular formula is C52H82O4P2. The van der Waals surface area contributed by atoms with Crippen LogP contribution in [0.1, 0.15) is 194 Å². The molecule has 0 radical (unpaired) electrons. The summed E-state index contributed by atoms with van der Waals surface area (Å²) < 4.78 is 17.7. The van der Waals surface area contributed by atoms with Crippen LogP contribution in [0.3, 0.4) is 0 Å². The number of unbranched alkanes of at least 4 members (excludes halogenated alkanes) is 4. The molecule has 0 saturated carbocycles. The Bertz CT molecular complexity index is 1750. The van der Waals surface area contributed by atoms with Gasteiger partial charge in [-0.3, -0.25) is 0 Å². The number of phenols is 1. The molecule has 4 aromatic carbocycles. The summed E-state index contributed by atoms with van der Waals surface area (Å²) in [5.41, 5.74) is 15.1. The summed E-state index contributed by atoms with van der Waals surface area (Å²) in [7, 11) is 4.97. The first-order valence-electron chi connectivity index (χ1n) is 21.9. The summed E-state index contributed by atoms with van der Waals surface area (Å²) >= 11 is 0. The van der Waals surface area contributed by atoms with E-state index in [1.165, 1.54) is 93.3 Å². The summed E-state index contributed by atoms with van der Waals surface area (Å²) in [6.07, 6.45) is 7.73. The van der Waals surface area contributed by atoms with Crippen LogP contribution in [0.4, 0.5) is 0 Å². The van der Waals surface area contributed by atoms with Gasteiger partial charge in [0.05, 0.1) is 25.5 Å². The van der Waals surface area contributed by atoms with Crippen molar-refractivity contribution in [1.29, 1.82) is 0 Å². The molecule has 0 fully saturated rings. The third-order valence-electron chi connectivity index (χ3n) is 10.9. The molecule has 58 heavy (non-hydrogen) atoms. The maximum atomic E-state index is 8.94. The van der Waals surface area contributed by atoms with Gasteiger partial charge < -0.3 is 18.9 Å². The maximum absolute atomic E-state index is 8.94. The smallest absolute Gasteiger partial charge is 0.134 e. The first-order valence-corrected chi connectivity index (χ1v) is 22.8. The zero-order chi connectivity index (χ0) is 44.3. The molecule has 2 unspecified atom stereocenters. The molecule has 4 aromatic rings. The Balaban J connectivity index is 0.000000488. The fourth-order valence-corrected chi connectivity index (χ4v) is 7.45. The predicted molar refractivity (Wildman–Crippen MR) is 262 cm³/mol. The molecule has 0 spiro atoms. The number of aromatic hydroxyl groups is 1. The van der Waals surface area contributed by atoms with Crippen LogP contribution in [-0.4, -0.2) is 11.7 Å². The molecule has 6 heteroatoms. The average molecular weight is 833 g/mol. The van der Waals surface area contributed by atoms with E-state index in [2.05, 4.69) is 147 Å². The van der Waals surface area contributed by atoms with Gasteiger partial charge in [0.1, 0.15) is 23.0 Å². The van der Waals surface area contributed by atoms with E-state index >= 15 is 0 Å². The number of hydrogen-bond donors (Lipinski definition) is 1. The van der Waals surface area contributed by atoms with Crippen LogP contribution in [0.15, 0.2) is 48.5 Å². The highest BCUT2D eigenvalue weighted by molar-refractivity contribution is 7.10. The molecule has 0 aliphatic heterocycles.